The highest BCUT2D eigenvalue weighted by Gasteiger charge is 2.22. The Bertz CT molecular complexity index is 717. The van der Waals surface area contributed by atoms with Gasteiger partial charge in [-0.15, -0.1) is 0 Å². The van der Waals surface area contributed by atoms with Gasteiger partial charge in [0.2, 0.25) is 0 Å². The first-order chi connectivity index (χ1) is 12.1. The second kappa shape index (κ2) is 8.10. The molecule has 1 aromatic heterocycles. The van der Waals surface area contributed by atoms with Gasteiger partial charge in [-0.1, -0.05) is 19.1 Å². The SMILES string of the molecule is CC1CCCN(C(=O)c2cc(NCCc3ccc(F)cc3)ccn2)C1. The van der Waals surface area contributed by atoms with Gasteiger partial charge in [-0.2, -0.15) is 0 Å². The number of anilines is 1. The van der Waals surface area contributed by atoms with Gasteiger partial charge in [-0.25, -0.2) is 4.39 Å². The minimum absolute atomic E-state index is 0.00809. The maximum Gasteiger partial charge on any atom is 0.272 e. The zero-order valence-corrected chi connectivity index (χ0v) is 14.5. The summed E-state index contributed by atoms with van der Waals surface area (Å²) < 4.78 is 12.9. The summed E-state index contributed by atoms with van der Waals surface area (Å²) in [5.41, 5.74) is 2.44. The fourth-order valence-corrected chi connectivity index (χ4v) is 3.20. The highest BCUT2D eigenvalue weighted by molar-refractivity contribution is 5.93. The Labute approximate surface area is 148 Å². The number of benzene rings is 1. The van der Waals surface area contributed by atoms with E-state index in [0.29, 0.717) is 18.2 Å². The van der Waals surface area contributed by atoms with Gasteiger partial charge in [0, 0.05) is 31.5 Å². The third-order valence-corrected chi connectivity index (χ3v) is 4.58. The predicted molar refractivity (Wildman–Crippen MR) is 97.1 cm³/mol. The molecule has 132 valence electrons. The lowest BCUT2D eigenvalue weighted by Gasteiger charge is -2.30. The Morgan fingerprint density at radius 3 is 2.88 bits per heavy atom. The van der Waals surface area contributed by atoms with Crippen molar-refractivity contribution < 1.29 is 9.18 Å². The van der Waals surface area contributed by atoms with E-state index >= 15 is 0 Å². The number of rotatable bonds is 5. The first kappa shape index (κ1) is 17.4. The van der Waals surface area contributed by atoms with Gasteiger partial charge in [-0.05, 0) is 55.0 Å². The van der Waals surface area contributed by atoms with Gasteiger partial charge in [0.05, 0.1) is 0 Å². The summed E-state index contributed by atoms with van der Waals surface area (Å²) in [6.45, 7) is 4.51. The smallest absolute Gasteiger partial charge is 0.272 e. The average molecular weight is 341 g/mol. The number of nitrogens with zero attached hydrogens (tertiary/aromatic N) is 2. The van der Waals surface area contributed by atoms with Gasteiger partial charge >= 0.3 is 0 Å². The van der Waals surface area contributed by atoms with Crippen LogP contribution in [0.3, 0.4) is 0 Å². The Kier molecular flexibility index (Phi) is 5.64. The van der Waals surface area contributed by atoms with Crippen molar-refractivity contribution in [3.05, 3.63) is 59.7 Å². The fraction of sp³-hybridized carbons (Fsp3) is 0.400. The highest BCUT2D eigenvalue weighted by Crippen LogP contribution is 2.18. The fourth-order valence-electron chi connectivity index (χ4n) is 3.20. The molecule has 5 heteroatoms. The number of nitrogens with one attached hydrogen (secondary N) is 1. The second-order valence-electron chi connectivity index (χ2n) is 6.73. The molecule has 2 aromatic rings. The Morgan fingerprint density at radius 2 is 2.12 bits per heavy atom. The van der Waals surface area contributed by atoms with Crippen LogP contribution in [0, 0.1) is 11.7 Å². The zero-order valence-electron chi connectivity index (χ0n) is 14.5. The number of amides is 1. The van der Waals surface area contributed by atoms with Crippen LogP contribution in [-0.4, -0.2) is 35.4 Å². The lowest BCUT2D eigenvalue weighted by Crippen LogP contribution is -2.39. The average Bonchev–Trinajstić information content (AvgIpc) is 2.63. The summed E-state index contributed by atoms with van der Waals surface area (Å²) in [5.74, 6) is 0.337. The molecular weight excluding hydrogens is 317 g/mol. The maximum atomic E-state index is 12.9. The van der Waals surface area contributed by atoms with Crippen LogP contribution in [0.25, 0.3) is 0 Å². The number of halogens is 1. The molecule has 1 aliphatic heterocycles. The van der Waals surface area contributed by atoms with E-state index in [4.69, 9.17) is 0 Å². The first-order valence-electron chi connectivity index (χ1n) is 8.85. The van der Waals surface area contributed by atoms with Gasteiger partial charge < -0.3 is 10.2 Å². The van der Waals surface area contributed by atoms with Crippen LogP contribution in [0.2, 0.25) is 0 Å². The van der Waals surface area contributed by atoms with Crippen molar-refractivity contribution in [2.45, 2.75) is 26.2 Å². The molecule has 2 heterocycles. The molecule has 25 heavy (non-hydrogen) atoms. The molecule has 1 unspecified atom stereocenters. The minimum Gasteiger partial charge on any atom is -0.385 e. The van der Waals surface area contributed by atoms with E-state index in [1.54, 1.807) is 18.3 Å². The second-order valence-corrected chi connectivity index (χ2v) is 6.73. The molecule has 1 atom stereocenters. The summed E-state index contributed by atoms with van der Waals surface area (Å²) in [5, 5.41) is 3.31. The van der Waals surface area contributed by atoms with Crippen molar-refractivity contribution in [1.82, 2.24) is 9.88 Å². The van der Waals surface area contributed by atoms with E-state index in [-0.39, 0.29) is 11.7 Å². The van der Waals surface area contributed by atoms with Crippen LogP contribution < -0.4 is 5.32 Å². The lowest BCUT2D eigenvalue weighted by molar-refractivity contribution is 0.0677. The molecule has 4 nitrogen and oxygen atoms in total. The number of piperidine rings is 1. The third kappa shape index (κ3) is 4.78. The Hall–Kier alpha value is -2.43. The lowest BCUT2D eigenvalue weighted by atomic mass is 10.00. The van der Waals surface area contributed by atoms with Gasteiger partial charge in [0.15, 0.2) is 0 Å². The van der Waals surface area contributed by atoms with Crippen LogP contribution in [0.4, 0.5) is 10.1 Å². The summed E-state index contributed by atoms with van der Waals surface area (Å²) in [6, 6.07) is 10.2. The molecule has 1 aromatic carbocycles. The summed E-state index contributed by atoms with van der Waals surface area (Å²) in [6.07, 6.45) is 4.70. The van der Waals surface area contributed by atoms with Gasteiger partial charge in [-0.3, -0.25) is 9.78 Å². The van der Waals surface area contributed by atoms with Crippen LogP contribution >= 0.6 is 0 Å². The molecule has 1 saturated heterocycles. The monoisotopic (exact) mass is 341 g/mol. The van der Waals surface area contributed by atoms with Crippen molar-refractivity contribution in [1.29, 1.82) is 0 Å². The normalized spacial score (nSPS) is 17.4. The predicted octanol–water partition coefficient (Wildman–Crippen LogP) is 3.75. The van der Waals surface area contributed by atoms with E-state index < -0.39 is 0 Å². The van der Waals surface area contributed by atoms with Crippen LogP contribution in [0.15, 0.2) is 42.6 Å². The van der Waals surface area contributed by atoms with Crippen molar-refractivity contribution in [3.8, 4) is 0 Å². The number of pyridine rings is 1. The molecule has 0 bridgehead atoms. The van der Waals surface area contributed by atoms with E-state index in [0.717, 1.165) is 37.2 Å². The van der Waals surface area contributed by atoms with E-state index in [9.17, 15) is 9.18 Å². The van der Waals surface area contributed by atoms with Gasteiger partial charge in [0.25, 0.3) is 5.91 Å². The third-order valence-electron chi connectivity index (χ3n) is 4.58. The van der Waals surface area contributed by atoms with Crippen LogP contribution in [0.1, 0.15) is 35.8 Å². The topological polar surface area (TPSA) is 45.2 Å². The maximum absolute atomic E-state index is 12.9. The van der Waals surface area contributed by atoms with Gasteiger partial charge in [0.1, 0.15) is 11.5 Å². The molecule has 0 radical (unpaired) electrons. The van der Waals surface area contributed by atoms with Crippen molar-refractivity contribution >= 4 is 11.6 Å². The molecule has 1 aliphatic rings. The van der Waals surface area contributed by atoms with Crippen LogP contribution in [0.5, 0.6) is 0 Å². The van der Waals surface area contributed by atoms with Crippen molar-refractivity contribution in [2.24, 2.45) is 5.92 Å². The molecule has 0 aliphatic carbocycles. The Balaban J connectivity index is 1.57. The summed E-state index contributed by atoms with van der Waals surface area (Å²) >= 11 is 0. The summed E-state index contributed by atoms with van der Waals surface area (Å²) in [7, 11) is 0. The minimum atomic E-state index is -0.221. The molecular formula is C20H24FN3O. The number of carbonyl (C=O) groups excluding carboxylic acids is 1. The molecule has 1 N–H and O–H groups in total. The largest absolute Gasteiger partial charge is 0.385 e. The molecule has 3 rings (SSSR count). The van der Waals surface area contributed by atoms with E-state index in [1.165, 1.54) is 18.6 Å². The number of likely N-dealkylation sites (tertiary alicyclic amines) is 1. The van der Waals surface area contributed by atoms with E-state index in [1.807, 2.05) is 17.0 Å². The number of aromatic nitrogens is 1. The Morgan fingerprint density at radius 1 is 1.32 bits per heavy atom. The summed E-state index contributed by atoms with van der Waals surface area (Å²) in [4.78, 5) is 18.8. The van der Waals surface area contributed by atoms with E-state index in [2.05, 4.69) is 17.2 Å². The number of hydrogen-bond donors (Lipinski definition) is 1. The molecule has 0 spiro atoms. The number of hydrogen-bond acceptors (Lipinski definition) is 3. The molecule has 1 fully saturated rings. The zero-order chi connectivity index (χ0) is 17.6. The number of carbonyl (C=O) groups is 1. The highest BCUT2D eigenvalue weighted by atomic mass is 19.1. The van der Waals surface area contributed by atoms with Crippen molar-refractivity contribution in [2.75, 3.05) is 25.0 Å². The van der Waals surface area contributed by atoms with Crippen molar-refractivity contribution in [3.63, 3.8) is 0 Å². The standard InChI is InChI=1S/C20H24FN3O/c1-15-3-2-12-24(14-15)20(25)19-13-18(9-11-23-19)22-10-8-16-4-6-17(21)7-5-16/h4-7,9,11,13,15H,2-3,8,10,12,14H2,1H3,(H,22,23). The first-order valence-corrected chi connectivity index (χ1v) is 8.85. The molecule has 0 saturated carbocycles. The molecule has 1 amide bonds. The van der Waals surface area contributed by atoms with Crippen LogP contribution in [-0.2, 0) is 6.42 Å². The quantitative estimate of drug-likeness (QED) is 0.901.